The fourth-order valence-corrected chi connectivity index (χ4v) is 3.55. The first kappa shape index (κ1) is 14.1. The van der Waals surface area contributed by atoms with Gasteiger partial charge in [0.25, 0.3) is 0 Å². The summed E-state index contributed by atoms with van der Waals surface area (Å²) in [6.45, 7) is 2.67. The van der Waals surface area contributed by atoms with Crippen molar-refractivity contribution in [3.63, 3.8) is 0 Å². The molecule has 0 bridgehead atoms. The van der Waals surface area contributed by atoms with E-state index in [2.05, 4.69) is 31.7 Å². The fourth-order valence-electron chi connectivity index (χ4n) is 2.60. The molecule has 1 N–H and O–H groups in total. The van der Waals surface area contributed by atoms with Crippen LogP contribution < -0.4 is 4.74 Å². The summed E-state index contributed by atoms with van der Waals surface area (Å²) >= 11 is 1.67. The molecular weight excluding hydrogens is 308 g/mol. The highest BCUT2D eigenvalue weighted by Crippen LogP contribution is 2.29. The molecule has 0 unspecified atom stereocenters. The molecule has 0 spiro atoms. The van der Waals surface area contributed by atoms with Crippen molar-refractivity contribution in [2.24, 2.45) is 0 Å². The van der Waals surface area contributed by atoms with E-state index in [1.165, 1.54) is 5.56 Å². The lowest BCUT2D eigenvalue weighted by Crippen LogP contribution is -1.95. The minimum absolute atomic E-state index is 0.667. The number of thioether (sulfide) groups is 1. The summed E-state index contributed by atoms with van der Waals surface area (Å²) in [6.07, 6.45) is 0. The van der Waals surface area contributed by atoms with Crippen LogP contribution in [0.4, 0.5) is 0 Å². The van der Waals surface area contributed by atoms with Crippen LogP contribution in [-0.4, -0.2) is 26.2 Å². The summed E-state index contributed by atoms with van der Waals surface area (Å²) in [5.41, 5.74) is 3.20. The third-order valence-corrected chi connectivity index (χ3v) is 4.62. The lowest BCUT2D eigenvalue weighted by atomic mass is 10.2. The maximum Gasteiger partial charge on any atom is 0.231 e. The van der Waals surface area contributed by atoms with E-state index in [1.807, 2.05) is 43.3 Å². The van der Waals surface area contributed by atoms with E-state index < -0.39 is 0 Å². The summed E-state index contributed by atoms with van der Waals surface area (Å²) in [5, 5.41) is 8.30. The lowest BCUT2D eigenvalue weighted by Gasteiger charge is -2.08. The van der Waals surface area contributed by atoms with Gasteiger partial charge in [-0.15, -0.1) is 5.10 Å². The van der Waals surface area contributed by atoms with Gasteiger partial charge in [0.05, 0.1) is 17.6 Å². The third-order valence-electron chi connectivity index (χ3n) is 3.63. The van der Waals surface area contributed by atoms with Crippen molar-refractivity contribution in [1.29, 1.82) is 0 Å². The first-order valence-electron chi connectivity index (χ1n) is 7.52. The quantitative estimate of drug-likeness (QED) is 0.566. The molecule has 0 atom stereocenters. The molecule has 6 heteroatoms. The third kappa shape index (κ3) is 2.55. The molecule has 2 aromatic carbocycles. The fraction of sp³-hybridized carbons (Fsp3) is 0.176. The molecule has 0 amide bonds. The van der Waals surface area contributed by atoms with Crippen LogP contribution in [0.1, 0.15) is 12.5 Å². The normalized spacial score (nSPS) is 11.3. The number of H-pyrrole nitrogens is 1. The van der Waals surface area contributed by atoms with E-state index in [-0.39, 0.29) is 0 Å². The molecule has 0 saturated heterocycles. The van der Waals surface area contributed by atoms with Crippen LogP contribution in [0.25, 0.3) is 16.8 Å². The Bertz CT molecular complexity index is 959. The van der Waals surface area contributed by atoms with Crippen molar-refractivity contribution < 1.29 is 4.74 Å². The zero-order valence-electron chi connectivity index (χ0n) is 12.7. The highest BCUT2D eigenvalue weighted by molar-refractivity contribution is 7.98. The molecule has 2 heterocycles. The Morgan fingerprint density at radius 2 is 1.96 bits per heavy atom. The molecule has 116 valence electrons. The van der Waals surface area contributed by atoms with Gasteiger partial charge in [-0.05, 0) is 25.1 Å². The van der Waals surface area contributed by atoms with Crippen molar-refractivity contribution in [2.45, 2.75) is 17.8 Å². The summed E-state index contributed by atoms with van der Waals surface area (Å²) in [7, 11) is 0. The first-order chi connectivity index (χ1) is 11.4. The van der Waals surface area contributed by atoms with Gasteiger partial charge in [0.15, 0.2) is 5.16 Å². The molecule has 0 radical (unpaired) electrons. The number of imidazole rings is 1. The average molecular weight is 324 g/mol. The minimum atomic E-state index is 0.667. The monoisotopic (exact) mass is 324 g/mol. The molecular formula is C17H16N4OS. The van der Waals surface area contributed by atoms with Crippen molar-refractivity contribution in [3.8, 4) is 5.75 Å². The van der Waals surface area contributed by atoms with Gasteiger partial charge in [0.2, 0.25) is 5.78 Å². The number of aromatic amines is 1. The number of hydrogen-bond donors (Lipinski definition) is 1. The van der Waals surface area contributed by atoms with Gasteiger partial charge in [-0.2, -0.15) is 0 Å². The first-order valence-corrected chi connectivity index (χ1v) is 8.50. The number of fused-ring (bicyclic) bond motifs is 3. The van der Waals surface area contributed by atoms with E-state index in [4.69, 9.17) is 4.74 Å². The van der Waals surface area contributed by atoms with Crippen molar-refractivity contribution in [2.75, 3.05) is 6.61 Å². The summed E-state index contributed by atoms with van der Waals surface area (Å²) in [5.74, 6) is 2.50. The van der Waals surface area contributed by atoms with Crippen molar-refractivity contribution in [3.05, 3.63) is 54.1 Å². The largest absolute Gasteiger partial charge is 0.494 e. The van der Waals surface area contributed by atoms with Gasteiger partial charge in [0.1, 0.15) is 5.75 Å². The van der Waals surface area contributed by atoms with E-state index in [1.54, 1.807) is 11.8 Å². The van der Waals surface area contributed by atoms with E-state index >= 15 is 0 Å². The van der Waals surface area contributed by atoms with Crippen LogP contribution in [0, 0.1) is 0 Å². The molecule has 0 fully saturated rings. The van der Waals surface area contributed by atoms with Gasteiger partial charge in [0, 0.05) is 11.3 Å². The molecule has 0 aliphatic carbocycles. The zero-order chi connectivity index (χ0) is 15.6. The van der Waals surface area contributed by atoms with Gasteiger partial charge in [-0.1, -0.05) is 42.1 Å². The number of nitrogens with zero attached hydrogens (tertiary/aromatic N) is 3. The van der Waals surface area contributed by atoms with Crippen LogP contribution in [0.15, 0.2) is 53.7 Å². The minimum Gasteiger partial charge on any atom is -0.494 e. The molecule has 2 aromatic heterocycles. The Labute approximate surface area is 137 Å². The second-order valence-corrected chi connectivity index (χ2v) is 6.04. The molecule has 4 aromatic rings. The van der Waals surface area contributed by atoms with E-state index in [0.717, 1.165) is 33.5 Å². The van der Waals surface area contributed by atoms with Crippen LogP contribution in [0.3, 0.4) is 0 Å². The van der Waals surface area contributed by atoms with Crippen LogP contribution >= 0.6 is 11.8 Å². The number of para-hydroxylation sites is 3. The Hall–Kier alpha value is -2.47. The second kappa shape index (κ2) is 5.96. The number of ether oxygens (including phenoxy) is 1. The van der Waals surface area contributed by atoms with Gasteiger partial charge >= 0.3 is 0 Å². The Kier molecular flexibility index (Phi) is 3.67. The summed E-state index contributed by atoms with van der Waals surface area (Å²) in [6, 6.07) is 16.2. The molecule has 0 aliphatic rings. The maximum absolute atomic E-state index is 5.69. The van der Waals surface area contributed by atoms with E-state index in [9.17, 15) is 0 Å². The van der Waals surface area contributed by atoms with Gasteiger partial charge < -0.3 is 4.74 Å². The second-order valence-electron chi connectivity index (χ2n) is 5.10. The summed E-state index contributed by atoms with van der Waals surface area (Å²) < 4.78 is 7.75. The van der Waals surface area contributed by atoms with Crippen LogP contribution in [0.2, 0.25) is 0 Å². The standard InChI is InChI=1S/C17H16N4OS/c1-2-22-15-10-6-3-7-12(15)11-23-17-20-19-16-18-13-8-4-5-9-14(13)21(16)17/h3-10H,2,11H2,1H3,(H,18,19). The SMILES string of the molecule is CCOc1ccccc1CSc1n[nH]c2nc3ccccc3n12. The maximum atomic E-state index is 5.69. The molecule has 0 saturated carbocycles. The Morgan fingerprint density at radius 3 is 2.87 bits per heavy atom. The molecule has 0 aliphatic heterocycles. The Morgan fingerprint density at radius 1 is 1.13 bits per heavy atom. The topological polar surface area (TPSA) is 55.2 Å². The average Bonchev–Trinajstić information content (AvgIpc) is 3.13. The van der Waals surface area contributed by atoms with Crippen LogP contribution in [0.5, 0.6) is 5.75 Å². The van der Waals surface area contributed by atoms with Crippen molar-refractivity contribution >= 4 is 28.6 Å². The number of rotatable bonds is 5. The predicted octanol–water partition coefficient (Wildman–Crippen LogP) is 3.90. The smallest absolute Gasteiger partial charge is 0.231 e. The molecule has 4 rings (SSSR count). The number of benzene rings is 2. The zero-order valence-corrected chi connectivity index (χ0v) is 13.5. The van der Waals surface area contributed by atoms with E-state index in [0.29, 0.717) is 6.61 Å². The summed E-state index contributed by atoms with van der Waals surface area (Å²) in [4.78, 5) is 4.54. The highest BCUT2D eigenvalue weighted by Gasteiger charge is 2.12. The Balaban J connectivity index is 1.66. The number of hydrogen-bond acceptors (Lipinski definition) is 4. The van der Waals surface area contributed by atoms with Crippen LogP contribution in [-0.2, 0) is 5.75 Å². The lowest BCUT2D eigenvalue weighted by molar-refractivity contribution is 0.337. The molecule has 5 nitrogen and oxygen atoms in total. The van der Waals surface area contributed by atoms with Gasteiger partial charge in [-0.3, -0.25) is 4.40 Å². The number of aromatic nitrogens is 4. The highest BCUT2D eigenvalue weighted by atomic mass is 32.2. The van der Waals surface area contributed by atoms with Crippen molar-refractivity contribution in [1.82, 2.24) is 19.6 Å². The number of nitrogens with one attached hydrogen (secondary N) is 1. The van der Waals surface area contributed by atoms with Gasteiger partial charge in [-0.25, -0.2) is 10.1 Å². The molecule has 23 heavy (non-hydrogen) atoms. The predicted molar refractivity (Wildman–Crippen MR) is 92.0 cm³/mol.